The molecule has 11 heteroatoms. The molecule has 1 amide bonds. The number of carbonyl (C=O) groups is 1. The molecule has 21 heavy (non-hydrogen) atoms. The SMILES string of the molecule is O=C(NCCOC1[C@@H](O)[C@H](O)C(O)[C@H](O)[C@H]1O)C(F)(F)F. The summed E-state index contributed by atoms with van der Waals surface area (Å²) in [7, 11) is 0. The lowest BCUT2D eigenvalue weighted by Crippen LogP contribution is -2.64. The maximum atomic E-state index is 11.9. The number of ether oxygens (including phenoxy) is 1. The maximum Gasteiger partial charge on any atom is 0.471 e. The average molecular weight is 319 g/mol. The van der Waals surface area contributed by atoms with Gasteiger partial charge in [-0.15, -0.1) is 0 Å². The second-order valence-corrected chi connectivity index (χ2v) is 4.54. The molecule has 1 fully saturated rings. The lowest BCUT2D eigenvalue weighted by Gasteiger charge is -2.41. The smallest absolute Gasteiger partial charge is 0.387 e. The number of alkyl halides is 3. The topological polar surface area (TPSA) is 139 Å². The van der Waals surface area contributed by atoms with Crippen LogP contribution in [0, 0.1) is 0 Å². The van der Waals surface area contributed by atoms with Crippen molar-refractivity contribution in [3.63, 3.8) is 0 Å². The first-order chi connectivity index (χ1) is 9.57. The van der Waals surface area contributed by atoms with Gasteiger partial charge in [-0.1, -0.05) is 0 Å². The van der Waals surface area contributed by atoms with Crippen LogP contribution in [0.15, 0.2) is 0 Å². The number of aliphatic hydroxyl groups is 5. The van der Waals surface area contributed by atoms with Crippen molar-refractivity contribution in [3.05, 3.63) is 0 Å². The van der Waals surface area contributed by atoms with Gasteiger partial charge < -0.3 is 35.6 Å². The second-order valence-electron chi connectivity index (χ2n) is 4.54. The van der Waals surface area contributed by atoms with Crippen molar-refractivity contribution < 1.29 is 48.2 Å². The molecule has 6 atom stereocenters. The number of amides is 1. The molecule has 0 heterocycles. The zero-order valence-electron chi connectivity index (χ0n) is 10.6. The zero-order valence-corrected chi connectivity index (χ0v) is 10.6. The molecule has 0 aromatic carbocycles. The van der Waals surface area contributed by atoms with E-state index in [1.54, 1.807) is 0 Å². The molecule has 2 unspecified atom stereocenters. The van der Waals surface area contributed by atoms with Crippen molar-refractivity contribution in [2.45, 2.75) is 42.8 Å². The first-order valence-corrected chi connectivity index (χ1v) is 5.94. The Kier molecular flexibility index (Phi) is 5.90. The van der Waals surface area contributed by atoms with Gasteiger partial charge in [-0.05, 0) is 0 Å². The quantitative estimate of drug-likeness (QED) is 0.301. The standard InChI is InChI=1S/C10H16F3NO7/c11-10(12,13)9(20)14-1-2-21-8-6(18)4(16)3(15)5(17)7(8)19/h3-8,15-19H,1-2H2,(H,14,20)/t3?,4-,5+,6+,7-,8?. The number of hydrogen-bond acceptors (Lipinski definition) is 7. The Hall–Kier alpha value is -0.980. The lowest BCUT2D eigenvalue weighted by molar-refractivity contribution is -0.235. The van der Waals surface area contributed by atoms with Gasteiger partial charge >= 0.3 is 12.1 Å². The molecule has 124 valence electrons. The van der Waals surface area contributed by atoms with Crippen LogP contribution in [0.2, 0.25) is 0 Å². The van der Waals surface area contributed by atoms with E-state index in [4.69, 9.17) is 4.74 Å². The monoisotopic (exact) mass is 319 g/mol. The third-order valence-electron chi connectivity index (χ3n) is 3.03. The first kappa shape index (κ1) is 18.1. The summed E-state index contributed by atoms with van der Waals surface area (Å²) in [4.78, 5) is 10.5. The molecule has 0 aliphatic heterocycles. The van der Waals surface area contributed by atoms with Crippen LogP contribution in [0.1, 0.15) is 0 Å². The Balaban J connectivity index is 2.45. The molecule has 0 spiro atoms. The lowest BCUT2D eigenvalue weighted by atomic mass is 9.85. The van der Waals surface area contributed by atoms with E-state index >= 15 is 0 Å². The Labute approximate surface area is 116 Å². The predicted octanol–water partition coefficient (Wildman–Crippen LogP) is -3.13. The summed E-state index contributed by atoms with van der Waals surface area (Å²) >= 11 is 0. The van der Waals surface area contributed by atoms with Crippen molar-refractivity contribution >= 4 is 5.91 Å². The summed E-state index contributed by atoms with van der Waals surface area (Å²) in [5, 5.41) is 48.7. The van der Waals surface area contributed by atoms with Crippen LogP contribution in [-0.2, 0) is 9.53 Å². The minimum absolute atomic E-state index is 0.518. The van der Waals surface area contributed by atoms with Crippen LogP contribution in [0.25, 0.3) is 0 Å². The van der Waals surface area contributed by atoms with E-state index < -0.39 is 61.9 Å². The molecule has 0 saturated heterocycles. The Morgan fingerprint density at radius 3 is 1.81 bits per heavy atom. The van der Waals surface area contributed by atoms with E-state index in [1.807, 2.05) is 0 Å². The number of rotatable bonds is 4. The van der Waals surface area contributed by atoms with E-state index in [9.17, 15) is 43.5 Å². The number of carbonyl (C=O) groups excluding carboxylic acids is 1. The van der Waals surface area contributed by atoms with Gasteiger partial charge in [0.1, 0.15) is 36.6 Å². The third-order valence-corrected chi connectivity index (χ3v) is 3.03. The van der Waals surface area contributed by atoms with Crippen LogP contribution in [-0.4, -0.2) is 87.4 Å². The van der Waals surface area contributed by atoms with Crippen molar-refractivity contribution in [2.75, 3.05) is 13.2 Å². The molecular formula is C10H16F3NO7. The van der Waals surface area contributed by atoms with Gasteiger partial charge in [-0.3, -0.25) is 4.79 Å². The average Bonchev–Trinajstić information content (AvgIpc) is 2.40. The molecule has 6 N–H and O–H groups in total. The largest absolute Gasteiger partial charge is 0.471 e. The predicted molar refractivity (Wildman–Crippen MR) is 58.8 cm³/mol. The summed E-state index contributed by atoms with van der Waals surface area (Å²) in [5.41, 5.74) is 0. The van der Waals surface area contributed by atoms with Gasteiger partial charge in [-0.25, -0.2) is 0 Å². The number of aliphatic hydroxyl groups excluding tert-OH is 5. The summed E-state index contributed by atoms with van der Waals surface area (Å²) in [6.45, 7) is -1.08. The van der Waals surface area contributed by atoms with Gasteiger partial charge in [0.15, 0.2) is 0 Å². The molecule has 1 saturated carbocycles. The molecule has 0 aromatic heterocycles. The van der Waals surface area contributed by atoms with Gasteiger partial charge in [0.05, 0.1) is 6.61 Å². The first-order valence-electron chi connectivity index (χ1n) is 5.94. The fourth-order valence-electron chi connectivity index (χ4n) is 1.85. The van der Waals surface area contributed by atoms with Crippen LogP contribution < -0.4 is 5.32 Å². The van der Waals surface area contributed by atoms with Crippen molar-refractivity contribution in [3.8, 4) is 0 Å². The number of halogens is 3. The molecule has 8 nitrogen and oxygen atoms in total. The van der Waals surface area contributed by atoms with Crippen LogP contribution in [0.5, 0.6) is 0 Å². The highest BCUT2D eigenvalue weighted by molar-refractivity contribution is 5.81. The number of hydrogen-bond donors (Lipinski definition) is 6. The number of nitrogens with one attached hydrogen (secondary N) is 1. The maximum absolute atomic E-state index is 11.9. The molecule has 0 radical (unpaired) electrons. The highest BCUT2D eigenvalue weighted by atomic mass is 19.4. The molecule has 1 rings (SSSR count). The highest BCUT2D eigenvalue weighted by Crippen LogP contribution is 2.23. The van der Waals surface area contributed by atoms with Gasteiger partial charge in [-0.2, -0.15) is 13.2 Å². The van der Waals surface area contributed by atoms with Crippen LogP contribution in [0.4, 0.5) is 13.2 Å². The van der Waals surface area contributed by atoms with E-state index in [-0.39, 0.29) is 0 Å². The van der Waals surface area contributed by atoms with Crippen molar-refractivity contribution in [2.24, 2.45) is 0 Å². The van der Waals surface area contributed by atoms with Gasteiger partial charge in [0.25, 0.3) is 0 Å². The normalized spacial score (nSPS) is 37.3. The molecule has 0 bridgehead atoms. The molecule has 0 aromatic rings. The van der Waals surface area contributed by atoms with Gasteiger partial charge in [0.2, 0.25) is 0 Å². The van der Waals surface area contributed by atoms with E-state index in [0.717, 1.165) is 0 Å². The molecular weight excluding hydrogens is 303 g/mol. The molecule has 1 aliphatic carbocycles. The fraction of sp³-hybridized carbons (Fsp3) is 0.900. The van der Waals surface area contributed by atoms with E-state index in [0.29, 0.717) is 0 Å². The van der Waals surface area contributed by atoms with Gasteiger partial charge in [0, 0.05) is 6.54 Å². The van der Waals surface area contributed by atoms with Crippen LogP contribution in [0.3, 0.4) is 0 Å². The summed E-state index contributed by atoms with van der Waals surface area (Å²) < 4.78 is 40.5. The second kappa shape index (κ2) is 6.85. The minimum atomic E-state index is -5.04. The van der Waals surface area contributed by atoms with E-state index in [1.165, 1.54) is 5.32 Å². The Morgan fingerprint density at radius 1 is 0.952 bits per heavy atom. The Morgan fingerprint density at radius 2 is 1.38 bits per heavy atom. The van der Waals surface area contributed by atoms with Crippen LogP contribution >= 0.6 is 0 Å². The molecule has 1 aliphatic rings. The minimum Gasteiger partial charge on any atom is -0.387 e. The summed E-state index contributed by atoms with van der Waals surface area (Å²) in [5.74, 6) is -2.17. The Bertz CT molecular complexity index is 351. The summed E-state index contributed by atoms with van der Waals surface area (Å²) in [6, 6.07) is 0. The summed E-state index contributed by atoms with van der Waals surface area (Å²) in [6.07, 6.45) is -15.5. The fourth-order valence-corrected chi connectivity index (χ4v) is 1.85. The van der Waals surface area contributed by atoms with E-state index in [2.05, 4.69) is 0 Å². The van der Waals surface area contributed by atoms with Crippen molar-refractivity contribution in [1.82, 2.24) is 5.32 Å². The third kappa shape index (κ3) is 4.25. The zero-order chi connectivity index (χ0) is 16.4. The van der Waals surface area contributed by atoms with Crippen molar-refractivity contribution in [1.29, 1.82) is 0 Å². The highest BCUT2D eigenvalue weighted by Gasteiger charge is 2.48.